The van der Waals surface area contributed by atoms with Crippen molar-refractivity contribution in [3.05, 3.63) is 5.43 Å². The largest absolute Gasteiger partial charge is 0.414 e. The Bertz CT molecular complexity index is 286. The first-order valence-electron chi connectivity index (χ1n) is 6.45. The standard InChI is InChI=1S/C12H27N3OSi/c1-12(2,3)17(5,6)16-11-8-7-10(9-11)14-15(4)13/h10-11,13H,7-9H2,1-6H3/t10-,11-/m1/s1. The van der Waals surface area contributed by atoms with Crippen molar-refractivity contribution in [1.29, 1.82) is 5.53 Å². The van der Waals surface area contributed by atoms with E-state index in [4.69, 9.17) is 9.96 Å². The third-order valence-corrected chi connectivity index (χ3v) is 8.50. The minimum atomic E-state index is -1.64. The van der Waals surface area contributed by atoms with Crippen LogP contribution in [-0.4, -0.2) is 32.3 Å². The second-order valence-corrected chi connectivity index (χ2v) is 11.4. The van der Waals surface area contributed by atoms with Gasteiger partial charge in [0.15, 0.2) is 15.4 Å². The molecule has 0 spiro atoms. The summed E-state index contributed by atoms with van der Waals surface area (Å²) in [5.74, 6) is 0. The number of nitrogens with zero attached hydrogens (tertiary/aromatic N) is 2. The van der Waals surface area contributed by atoms with Gasteiger partial charge in [-0.25, -0.2) is 11.0 Å². The molecular weight excluding hydrogens is 230 g/mol. The highest BCUT2D eigenvalue weighted by molar-refractivity contribution is 6.74. The molecule has 1 aliphatic rings. The first-order valence-corrected chi connectivity index (χ1v) is 9.36. The molecule has 0 saturated heterocycles. The highest BCUT2D eigenvalue weighted by Gasteiger charge is 2.40. The average Bonchev–Trinajstić information content (AvgIpc) is 2.48. The van der Waals surface area contributed by atoms with Gasteiger partial charge >= 0.3 is 0 Å². The molecule has 0 aromatic heterocycles. The van der Waals surface area contributed by atoms with Crippen molar-refractivity contribution < 1.29 is 9.23 Å². The number of rotatable bonds is 4. The first kappa shape index (κ1) is 14.6. The maximum atomic E-state index is 7.32. The average molecular weight is 257 g/mol. The van der Waals surface area contributed by atoms with Gasteiger partial charge in [0, 0.05) is 12.1 Å². The van der Waals surface area contributed by atoms with E-state index in [1.807, 2.05) is 0 Å². The van der Waals surface area contributed by atoms with Crippen molar-refractivity contribution in [2.45, 2.75) is 70.3 Å². The Kier molecular flexibility index (Phi) is 4.36. The number of hydrogen-bond acceptors (Lipinski definition) is 2. The highest BCUT2D eigenvalue weighted by atomic mass is 28.4. The van der Waals surface area contributed by atoms with Crippen LogP contribution in [0.15, 0.2) is 0 Å². The van der Waals surface area contributed by atoms with Gasteiger partial charge in [-0.2, -0.15) is 4.81 Å². The van der Waals surface area contributed by atoms with Crippen LogP contribution in [0.1, 0.15) is 40.0 Å². The fourth-order valence-corrected chi connectivity index (χ4v) is 3.37. The Hall–Kier alpha value is -0.423. The summed E-state index contributed by atoms with van der Waals surface area (Å²) in [6.45, 7) is 11.4. The van der Waals surface area contributed by atoms with Crippen LogP contribution in [0, 0.1) is 5.53 Å². The summed E-state index contributed by atoms with van der Waals surface area (Å²) in [5, 5.41) is 0.272. The smallest absolute Gasteiger partial charge is 0.192 e. The van der Waals surface area contributed by atoms with Crippen molar-refractivity contribution in [2.75, 3.05) is 7.05 Å². The Morgan fingerprint density at radius 3 is 2.35 bits per heavy atom. The van der Waals surface area contributed by atoms with Crippen LogP contribution in [0.25, 0.3) is 5.43 Å². The molecule has 17 heavy (non-hydrogen) atoms. The van der Waals surface area contributed by atoms with E-state index >= 15 is 0 Å². The van der Waals surface area contributed by atoms with Gasteiger partial charge in [0.2, 0.25) is 0 Å². The van der Waals surface area contributed by atoms with Gasteiger partial charge in [-0.1, -0.05) is 20.8 Å². The molecule has 0 radical (unpaired) electrons. The molecule has 100 valence electrons. The van der Waals surface area contributed by atoms with Crippen LogP contribution in [0.5, 0.6) is 0 Å². The third-order valence-electron chi connectivity index (χ3n) is 3.96. The van der Waals surface area contributed by atoms with Crippen LogP contribution in [0.4, 0.5) is 0 Å². The fraction of sp³-hybridized carbons (Fsp3) is 1.00. The zero-order valence-corrected chi connectivity index (χ0v) is 13.1. The van der Waals surface area contributed by atoms with E-state index in [9.17, 15) is 0 Å². The second-order valence-electron chi connectivity index (χ2n) is 6.61. The fourth-order valence-electron chi connectivity index (χ4n) is 1.97. The molecule has 1 rings (SSSR count). The third kappa shape index (κ3) is 4.07. The van der Waals surface area contributed by atoms with Crippen molar-refractivity contribution in [3.63, 3.8) is 0 Å². The molecule has 0 aromatic rings. The summed E-state index contributed by atoms with van der Waals surface area (Å²) in [4.78, 5) is 1.18. The summed E-state index contributed by atoms with van der Waals surface area (Å²) >= 11 is 0. The number of nitrogens with one attached hydrogen (secondary N) is 1. The molecule has 0 amide bonds. The van der Waals surface area contributed by atoms with E-state index in [1.165, 1.54) is 4.81 Å². The Morgan fingerprint density at radius 2 is 1.88 bits per heavy atom. The quantitative estimate of drug-likeness (QED) is 0.353. The monoisotopic (exact) mass is 257 g/mol. The van der Waals surface area contributed by atoms with Gasteiger partial charge in [0.05, 0.1) is 0 Å². The van der Waals surface area contributed by atoms with Crippen LogP contribution in [0.3, 0.4) is 0 Å². The van der Waals surface area contributed by atoms with Crippen molar-refractivity contribution in [2.24, 2.45) is 0 Å². The van der Waals surface area contributed by atoms with Crippen molar-refractivity contribution in [3.8, 4) is 0 Å². The zero-order valence-electron chi connectivity index (χ0n) is 12.1. The summed E-state index contributed by atoms with van der Waals surface area (Å²) < 4.78 is 6.37. The lowest BCUT2D eigenvalue weighted by atomic mass is 10.2. The van der Waals surface area contributed by atoms with Gasteiger partial charge in [-0.05, 0) is 37.4 Å². The lowest BCUT2D eigenvalue weighted by Gasteiger charge is -2.38. The SMILES string of the molecule is C[N+](=N)[N-][C@@H]1CC[C@@H](O[Si](C)(C)C(C)(C)C)C1. The molecule has 1 N–H and O–H groups in total. The minimum Gasteiger partial charge on any atom is -0.414 e. The topological polar surface area (TPSA) is 50.2 Å². The molecule has 0 aliphatic heterocycles. The molecule has 0 bridgehead atoms. The second kappa shape index (κ2) is 5.06. The molecule has 1 fully saturated rings. The lowest BCUT2D eigenvalue weighted by molar-refractivity contribution is -0.544. The van der Waals surface area contributed by atoms with Crippen LogP contribution < -0.4 is 0 Å². The van der Waals surface area contributed by atoms with E-state index < -0.39 is 8.32 Å². The maximum absolute atomic E-state index is 7.32. The van der Waals surface area contributed by atoms with Gasteiger partial charge in [-0.15, -0.1) is 0 Å². The minimum absolute atomic E-state index is 0.272. The molecule has 5 heteroatoms. The normalized spacial score (nSPS) is 26.0. The summed E-state index contributed by atoms with van der Waals surface area (Å²) in [6, 6.07) is 0.285. The van der Waals surface area contributed by atoms with Gasteiger partial charge < -0.3 is 4.43 Å². The highest BCUT2D eigenvalue weighted by Crippen LogP contribution is 2.40. The van der Waals surface area contributed by atoms with Gasteiger partial charge in [0.25, 0.3) is 0 Å². The molecule has 1 aliphatic carbocycles. The van der Waals surface area contributed by atoms with Gasteiger partial charge in [-0.3, -0.25) is 0 Å². The Morgan fingerprint density at radius 1 is 1.29 bits per heavy atom. The van der Waals surface area contributed by atoms with Crippen molar-refractivity contribution >= 4 is 8.32 Å². The molecule has 2 atom stereocenters. The van der Waals surface area contributed by atoms with E-state index in [-0.39, 0.29) is 11.1 Å². The molecule has 0 aromatic carbocycles. The van der Waals surface area contributed by atoms with E-state index in [1.54, 1.807) is 7.05 Å². The Balaban J connectivity index is 2.48. The summed E-state index contributed by atoms with van der Waals surface area (Å²) in [5.41, 5.74) is 11.6. The maximum Gasteiger partial charge on any atom is 0.192 e. The molecule has 1 saturated carbocycles. The Labute approximate surface area is 106 Å². The van der Waals surface area contributed by atoms with Crippen LogP contribution in [-0.2, 0) is 4.43 Å². The van der Waals surface area contributed by atoms with E-state index in [2.05, 4.69) is 39.3 Å². The molecule has 0 unspecified atom stereocenters. The summed E-state index contributed by atoms with van der Waals surface area (Å²) in [7, 11) is 0.0271. The van der Waals surface area contributed by atoms with Crippen LogP contribution >= 0.6 is 0 Å². The van der Waals surface area contributed by atoms with Gasteiger partial charge in [0.1, 0.15) is 0 Å². The molecule has 0 heterocycles. The zero-order chi connectivity index (χ0) is 13.3. The predicted molar refractivity (Wildman–Crippen MR) is 72.0 cm³/mol. The van der Waals surface area contributed by atoms with Crippen molar-refractivity contribution in [1.82, 2.24) is 0 Å². The van der Waals surface area contributed by atoms with E-state index in [0.717, 1.165) is 19.3 Å². The molecule has 4 nitrogen and oxygen atoms in total. The molecular formula is C12H27N3OSi. The van der Waals surface area contributed by atoms with E-state index in [0.29, 0.717) is 6.10 Å². The summed E-state index contributed by atoms with van der Waals surface area (Å²) in [6.07, 6.45) is 3.48. The number of hydrogen-bond donors (Lipinski definition) is 1. The lowest BCUT2D eigenvalue weighted by Crippen LogP contribution is -2.43. The first-order chi connectivity index (χ1) is 7.62. The predicted octanol–water partition coefficient (Wildman–Crippen LogP) is 3.89. The van der Waals surface area contributed by atoms with Crippen LogP contribution in [0.2, 0.25) is 18.1 Å².